The second-order valence-electron chi connectivity index (χ2n) is 2.94. The average Bonchev–Trinajstić information content (AvgIpc) is 2.69. The Hall–Kier alpha value is -1.82. The van der Waals surface area contributed by atoms with Gasteiger partial charge in [0.25, 0.3) is 0 Å². The normalized spacial score (nSPS) is 10.6. The van der Waals surface area contributed by atoms with Crippen LogP contribution in [0, 0.1) is 11.6 Å². The Labute approximate surface area is 84.3 Å². The van der Waals surface area contributed by atoms with Crippen molar-refractivity contribution < 1.29 is 8.78 Å². The molecule has 6 heteroatoms. The zero-order valence-corrected chi connectivity index (χ0v) is 7.69. The van der Waals surface area contributed by atoms with Crippen LogP contribution in [0.4, 0.5) is 8.78 Å². The van der Waals surface area contributed by atoms with Gasteiger partial charge in [-0.05, 0) is 12.1 Å². The first-order chi connectivity index (χ1) is 7.22. The fourth-order valence-corrected chi connectivity index (χ4v) is 1.25. The first-order valence-electron chi connectivity index (χ1n) is 4.27. The van der Waals surface area contributed by atoms with Crippen LogP contribution in [0.2, 0.25) is 0 Å². The second-order valence-corrected chi connectivity index (χ2v) is 2.94. The van der Waals surface area contributed by atoms with Crippen LogP contribution < -0.4 is 5.73 Å². The van der Waals surface area contributed by atoms with Crippen molar-refractivity contribution in [2.24, 2.45) is 5.73 Å². The second kappa shape index (κ2) is 3.74. The van der Waals surface area contributed by atoms with E-state index in [9.17, 15) is 8.78 Å². The minimum Gasteiger partial charge on any atom is -0.325 e. The Balaban J connectivity index is 2.58. The zero-order chi connectivity index (χ0) is 10.8. The van der Waals surface area contributed by atoms with E-state index in [1.165, 1.54) is 10.9 Å². The zero-order valence-electron chi connectivity index (χ0n) is 7.69. The molecule has 0 bridgehead atoms. The maximum atomic E-state index is 13.4. The lowest BCUT2D eigenvalue weighted by Gasteiger charge is -2.05. The van der Waals surface area contributed by atoms with Gasteiger partial charge in [0, 0.05) is 12.6 Å². The van der Waals surface area contributed by atoms with Gasteiger partial charge in [-0.25, -0.2) is 13.5 Å². The van der Waals surface area contributed by atoms with E-state index in [0.29, 0.717) is 5.69 Å². The third-order valence-corrected chi connectivity index (χ3v) is 1.97. The summed E-state index contributed by atoms with van der Waals surface area (Å²) in [6.07, 6.45) is 1.41. The van der Waals surface area contributed by atoms with Gasteiger partial charge in [-0.2, -0.15) is 0 Å². The maximum absolute atomic E-state index is 13.4. The van der Waals surface area contributed by atoms with Gasteiger partial charge in [0.2, 0.25) is 0 Å². The van der Waals surface area contributed by atoms with Gasteiger partial charge in [-0.3, -0.25) is 0 Å². The van der Waals surface area contributed by atoms with E-state index in [2.05, 4.69) is 10.3 Å². The van der Waals surface area contributed by atoms with Crippen LogP contribution in [-0.2, 0) is 6.54 Å². The molecule has 0 amide bonds. The largest absolute Gasteiger partial charge is 0.325 e. The Bertz CT molecular complexity index is 481. The highest BCUT2D eigenvalue weighted by Crippen LogP contribution is 2.15. The van der Waals surface area contributed by atoms with E-state index in [1.54, 1.807) is 0 Å². The molecule has 0 atom stereocenters. The maximum Gasteiger partial charge on any atom is 0.149 e. The van der Waals surface area contributed by atoms with Crippen molar-refractivity contribution in [1.29, 1.82) is 0 Å². The average molecular weight is 210 g/mol. The lowest BCUT2D eigenvalue weighted by atomic mass is 10.3. The molecule has 1 aromatic carbocycles. The molecule has 0 fully saturated rings. The molecule has 78 valence electrons. The quantitative estimate of drug-likeness (QED) is 0.804. The van der Waals surface area contributed by atoms with Gasteiger partial charge in [0.15, 0.2) is 0 Å². The summed E-state index contributed by atoms with van der Waals surface area (Å²) < 4.78 is 27.4. The Morgan fingerprint density at radius 2 is 2.13 bits per heavy atom. The summed E-state index contributed by atoms with van der Waals surface area (Å²) in [6.45, 7) is 0.156. The van der Waals surface area contributed by atoms with Gasteiger partial charge >= 0.3 is 0 Å². The fourth-order valence-electron chi connectivity index (χ4n) is 1.25. The molecule has 0 spiro atoms. The molecule has 0 unspecified atom stereocenters. The summed E-state index contributed by atoms with van der Waals surface area (Å²) >= 11 is 0. The molecule has 0 aliphatic rings. The molecule has 15 heavy (non-hydrogen) atoms. The van der Waals surface area contributed by atoms with E-state index in [1.807, 2.05) is 0 Å². The highest BCUT2D eigenvalue weighted by Gasteiger charge is 2.10. The van der Waals surface area contributed by atoms with E-state index in [0.717, 1.165) is 18.2 Å². The van der Waals surface area contributed by atoms with E-state index in [-0.39, 0.29) is 12.2 Å². The molecule has 2 rings (SSSR count). The van der Waals surface area contributed by atoms with Crippen LogP contribution in [0.1, 0.15) is 5.69 Å². The standard InChI is InChI=1S/C9H8F2N4/c10-6-1-2-8(11)9(3-6)15-7(4-12)5-13-14-15/h1-3,5H,4,12H2. The summed E-state index contributed by atoms with van der Waals surface area (Å²) in [7, 11) is 0. The van der Waals surface area contributed by atoms with Crippen molar-refractivity contribution in [3.05, 3.63) is 41.7 Å². The van der Waals surface area contributed by atoms with Crippen molar-refractivity contribution in [2.45, 2.75) is 6.54 Å². The molecular formula is C9H8F2N4. The molecule has 2 aromatic rings. The van der Waals surface area contributed by atoms with E-state index >= 15 is 0 Å². The molecule has 2 N–H and O–H groups in total. The minimum absolute atomic E-state index is 0.00736. The van der Waals surface area contributed by atoms with Crippen LogP contribution in [0.25, 0.3) is 5.69 Å². The number of nitrogens with two attached hydrogens (primary N) is 1. The van der Waals surface area contributed by atoms with Crippen molar-refractivity contribution >= 4 is 0 Å². The lowest BCUT2D eigenvalue weighted by molar-refractivity contribution is 0.580. The lowest BCUT2D eigenvalue weighted by Crippen LogP contribution is -2.08. The third kappa shape index (κ3) is 1.71. The van der Waals surface area contributed by atoms with Gasteiger partial charge in [0.05, 0.1) is 11.9 Å². The molecule has 1 heterocycles. The molecule has 0 saturated carbocycles. The van der Waals surface area contributed by atoms with Crippen LogP contribution >= 0.6 is 0 Å². The van der Waals surface area contributed by atoms with Crippen molar-refractivity contribution in [1.82, 2.24) is 15.0 Å². The molecular weight excluding hydrogens is 202 g/mol. The molecule has 0 aliphatic heterocycles. The van der Waals surface area contributed by atoms with Crippen LogP contribution in [0.5, 0.6) is 0 Å². The first kappa shape index (κ1) is 9.72. The van der Waals surface area contributed by atoms with Gasteiger partial charge < -0.3 is 5.73 Å². The highest BCUT2D eigenvalue weighted by molar-refractivity contribution is 5.34. The number of hydrogen-bond acceptors (Lipinski definition) is 3. The topological polar surface area (TPSA) is 56.7 Å². The number of aromatic nitrogens is 3. The minimum atomic E-state index is -0.573. The summed E-state index contributed by atoms with van der Waals surface area (Å²) in [5, 5.41) is 7.22. The van der Waals surface area contributed by atoms with Crippen LogP contribution in [-0.4, -0.2) is 15.0 Å². The highest BCUT2D eigenvalue weighted by atomic mass is 19.1. The van der Waals surface area contributed by atoms with Crippen molar-refractivity contribution in [2.75, 3.05) is 0 Å². The number of hydrogen-bond donors (Lipinski definition) is 1. The predicted octanol–water partition coefficient (Wildman–Crippen LogP) is 1.00. The molecule has 0 radical (unpaired) electrons. The molecule has 0 aliphatic carbocycles. The van der Waals surface area contributed by atoms with Gasteiger partial charge in [-0.1, -0.05) is 5.21 Å². The molecule has 1 aromatic heterocycles. The SMILES string of the molecule is NCc1cnnn1-c1cc(F)ccc1F. The summed E-state index contributed by atoms with van der Waals surface area (Å²) in [5.41, 5.74) is 5.92. The van der Waals surface area contributed by atoms with Crippen LogP contribution in [0.15, 0.2) is 24.4 Å². The Morgan fingerprint density at radius 1 is 1.33 bits per heavy atom. The Morgan fingerprint density at radius 3 is 2.87 bits per heavy atom. The van der Waals surface area contributed by atoms with Crippen LogP contribution in [0.3, 0.4) is 0 Å². The smallest absolute Gasteiger partial charge is 0.149 e. The number of benzene rings is 1. The van der Waals surface area contributed by atoms with Crippen molar-refractivity contribution in [3.8, 4) is 5.69 Å². The van der Waals surface area contributed by atoms with Gasteiger partial charge in [0.1, 0.15) is 17.3 Å². The van der Waals surface area contributed by atoms with Crippen molar-refractivity contribution in [3.63, 3.8) is 0 Å². The Kier molecular flexibility index (Phi) is 2.42. The number of rotatable bonds is 2. The number of nitrogens with zero attached hydrogens (tertiary/aromatic N) is 3. The van der Waals surface area contributed by atoms with Gasteiger partial charge in [-0.15, -0.1) is 5.10 Å². The summed E-state index contributed by atoms with van der Waals surface area (Å²) in [5.74, 6) is -1.11. The summed E-state index contributed by atoms with van der Waals surface area (Å²) in [4.78, 5) is 0. The third-order valence-electron chi connectivity index (χ3n) is 1.97. The predicted molar refractivity (Wildman–Crippen MR) is 49.2 cm³/mol. The van der Waals surface area contributed by atoms with E-state index in [4.69, 9.17) is 5.73 Å². The molecule has 0 saturated heterocycles. The number of halogens is 2. The monoisotopic (exact) mass is 210 g/mol. The molecule has 4 nitrogen and oxygen atoms in total. The first-order valence-corrected chi connectivity index (χ1v) is 4.27. The summed E-state index contributed by atoms with van der Waals surface area (Å²) in [6, 6.07) is 3.12. The van der Waals surface area contributed by atoms with E-state index < -0.39 is 11.6 Å². The fraction of sp³-hybridized carbons (Fsp3) is 0.111.